The molecule has 0 saturated heterocycles. The minimum absolute atomic E-state index is 0.0229. The van der Waals surface area contributed by atoms with Gasteiger partial charge in [-0.05, 0) is 24.5 Å². The molecule has 0 atom stereocenters. The van der Waals surface area contributed by atoms with E-state index < -0.39 is 0 Å². The molecule has 0 aromatic carbocycles. The maximum atomic E-state index is 12.9. The summed E-state index contributed by atoms with van der Waals surface area (Å²) in [5.74, 6) is -0.266. The summed E-state index contributed by atoms with van der Waals surface area (Å²) in [5, 5.41) is 0. The van der Waals surface area contributed by atoms with Crippen molar-refractivity contribution in [3.63, 3.8) is 0 Å². The van der Waals surface area contributed by atoms with E-state index in [1.54, 1.807) is 12.3 Å². The van der Waals surface area contributed by atoms with Crippen LogP contribution in [0.3, 0.4) is 0 Å². The van der Waals surface area contributed by atoms with Crippen LogP contribution < -0.4 is 5.73 Å². The van der Waals surface area contributed by atoms with Crippen LogP contribution in [-0.4, -0.2) is 11.5 Å². The van der Waals surface area contributed by atoms with Gasteiger partial charge in [-0.2, -0.15) is 0 Å². The van der Waals surface area contributed by atoms with Gasteiger partial charge in [-0.15, -0.1) is 0 Å². The molecule has 70 valence electrons. The van der Waals surface area contributed by atoms with Crippen molar-refractivity contribution in [3.05, 3.63) is 29.8 Å². The lowest BCUT2D eigenvalue weighted by molar-refractivity contribution is 0.251. The standard InChI is InChI=1S/C10H13FN2/c11-9-4-8(5-13-6-9)10(7-12)2-1-3-10/h4-6H,1-3,7,12H2. The van der Waals surface area contributed by atoms with E-state index in [1.807, 2.05) is 0 Å². The zero-order valence-electron chi connectivity index (χ0n) is 7.46. The van der Waals surface area contributed by atoms with Gasteiger partial charge in [0.15, 0.2) is 0 Å². The topological polar surface area (TPSA) is 38.9 Å². The number of halogens is 1. The number of nitrogens with zero attached hydrogens (tertiary/aromatic N) is 1. The average Bonchev–Trinajstić information content (AvgIpc) is 2.03. The first kappa shape index (κ1) is 8.63. The molecule has 13 heavy (non-hydrogen) atoms. The quantitative estimate of drug-likeness (QED) is 0.750. The van der Waals surface area contributed by atoms with Crippen LogP contribution in [0.25, 0.3) is 0 Å². The molecule has 1 aromatic heterocycles. The van der Waals surface area contributed by atoms with Gasteiger partial charge in [0.25, 0.3) is 0 Å². The van der Waals surface area contributed by atoms with Crippen molar-refractivity contribution < 1.29 is 4.39 Å². The minimum Gasteiger partial charge on any atom is -0.330 e. The first-order chi connectivity index (χ1) is 6.27. The zero-order chi connectivity index (χ0) is 9.31. The number of hydrogen-bond donors (Lipinski definition) is 1. The Labute approximate surface area is 77.0 Å². The summed E-state index contributed by atoms with van der Waals surface area (Å²) in [5.41, 5.74) is 6.68. The number of pyridine rings is 1. The predicted octanol–water partition coefficient (Wildman–Crippen LogP) is 1.60. The molecule has 0 radical (unpaired) electrons. The van der Waals surface area contributed by atoms with E-state index in [-0.39, 0.29) is 11.2 Å². The average molecular weight is 180 g/mol. The van der Waals surface area contributed by atoms with Crippen molar-refractivity contribution in [2.75, 3.05) is 6.54 Å². The van der Waals surface area contributed by atoms with Crippen molar-refractivity contribution in [2.45, 2.75) is 24.7 Å². The third kappa shape index (κ3) is 1.33. The molecule has 0 amide bonds. The highest BCUT2D eigenvalue weighted by atomic mass is 19.1. The van der Waals surface area contributed by atoms with Crippen LogP contribution in [0.15, 0.2) is 18.5 Å². The molecule has 1 aliphatic rings. The van der Waals surface area contributed by atoms with Crippen LogP contribution in [0.4, 0.5) is 4.39 Å². The summed E-state index contributed by atoms with van der Waals surface area (Å²) in [6.07, 6.45) is 6.28. The van der Waals surface area contributed by atoms with Gasteiger partial charge in [-0.1, -0.05) is 6.42 Å². The molecule has 1 aromatic rings. The summed E-state index contributed by atoms with van der Waals surface area (Å²) in [6.45, 7) is 0.595. The van der Waals surface area contributed by atoms with Crippen molar-refractivity contribution in [1.29, 1.82) is 0 Å². The van der Waals surface area contributed by atoms with E-state index in [0.29, 0.717) is 6.54 Å². The van der Waals surface area contributed by atoms with Gasteiger partial charge in [-0.25, -0.2) is 4.39 Å². The van der Waals surface area contributed by atoms with Crippen LogP contribution in [0.5, 0.6) is 0 Å². The smallest absolute Gasteiger partial charge is 0.141 e. The second-order valence-corrected chi connectivity index (χ2v) is 3.73. The molecule has 2 N–H and O–H groups in total. The van der Waals surface area contributed by atoms with Gasteiger partial charge in [0.1, 0.15) is 5.82 Å². The van der Waals surface area contributed by atoms with Crippen molar-refractivity contribution in [3.8, 4) is 0 Å². The molecule has 1 aliphatic carbocycles. The maximum absolute atomic E-state index is 12.9. The second kappa shape index (κ2) is 3.07. The lowest BCUT2D eigenvalue weighted by atomic mass is 9.65. The summed E-state index contributed by atoms with van der Waals surface area (Å²) in [7, 11) is 0. The monoisotopic (exact) mass is 180 g/mol. The van der Waals surface area contributed by atoms with Crippen LogP contribution in [-0.2, 0) is 5.41 Å². The Morgan fingerprint density at radius 3 is 2.69 bits per heavy atom. The Balaban J connectivity index is 2.33. The maximum Gasteiger partial charge on any atom is 0.141 e. The molecular weight excluding hydrogens is 167 g/mol. The SMILES string of the molecule is NCC1(c2cncc(F)c2)CCC1. The zero-order valence-corrected chi connectivity index (χ0v) is 7.46. The van der Waals surface area contributed by atoms with Crippen molar-refractivity contribution in [1.82, 2.24) is 4.98 Å². The van der Waals surface area contributed by atoms with E-state index in [9.17, 15) is 4.39 Å². The Morgan fingerprint density at radius 2 is 2.23 bits per heavy atom. The van der Waals surface area contributed by atoms with Gasteiger partial charge < -0.3 is 5.73 Å². The molecule has 1 saturated carbocycles. The highest BCUT2D eigenvalue weighted by molar-refractivity contribution is 5.25. The number of aromatic nitrogens is 1. The fraction of sp³-hybridized carbons (Fsp3) is 0.500. The van der Waals surface area contributed by atoms with Gasteiger partial charge in [0, 0.05) is 18.2 Å². The lowest BCUT2D eigenvalue weighted by Gasteiger charge is -2.41. The Hall–Kier alpha value is -0.960. The van der Waals surface area contributed by atoms with E-state index in [4.69, 9.17) is 5.73 Å². The fourth-order valence-corrected chi connectivity index (χ4v) is 1.92. The van der Waals surface area contributed by atoms with E-state index in [0.717, 1.165) is 18.4 Å². The Kier molecular flexibility index (Phi) is 2.04. The summed E-state index contributed by atoms with van der Waals surface area (Å²) in [6, 6.07) is 1.55. The largest absolute Gasteiger partial charge is 0.330 e. The van der Waals surface area contributed by atoms with Crippen LogP contribution in [0.2, 0.25) is 0 Å². The molecule has 0 spiro atoms. The molecule has 0 aliphatic heterocycles. The van der Waals surface area contributed by atoms with E-state index in [1.165, 1.54) is 12.6 Å². The third-order valence-electron chi connectivity index (χ3n) is 3.02. The first-order valence-electron chi connectivity index (χ1n) is 4.58. The van der Waals surface area contributed by atoms with Crippen molar-refractivity contribution in [2.24, 2.45) is 5.73 Å². The Morgan fingerprint density at radius 1 is 1.46 bits per heavy atom. The van der Waals surface area contributed by atoms with Crippen molar-refractivity contribution >= 4 is 0 Å². The molecule has 2 rings (SSSR count). The molecule has 1 heterocycles. The second-order valence-electron chi connectivity index (χ2n) is 3.73. The molecule has 0 unspecified atom stereocenters. The summed E-state index contributed by atoms with van der Waals surface area (Å²) >= 11 is 0. The highest BCUT2D eigenvalue weighted by Gasteiger charge is 2.37. The van der Waals surface area contributed by atoms with Gasteiger partial charge in [0.05, 0.1) is 6.20 Å². The number of rotatable bonds is 2. The van der Waals surface area contributed by atoms with E-state index >= 15 is 0 Å². The van der Waals surface area contributed by atoms with Gasteiger partial charge in [0.2, 0.25) is 0 Å². The summed E-state index contributed by atoms with van der Waals surface area (Å²) < 4.78 is 12.9. The third-order valence-corrected chi connectivity index (χ3v) is 3.02. The molecule has 2 nitrogen and oxygen atoms in total. The number of nitrogens with two attached hydrogens (primary N) is 1. The minimum atomic E-state index is -0.266. The van der Waals surface area contributed by atoms with Gasteiger partial charge >= 0.3 is 0 Å². The Bertz CT molecular complexity index is 302. The predicted molar refractivity (Wildman–Crippen MR) is 48.8 cm³/mol. The number of hydrogen-bond acceptors (Lipinski definition) is 2. The molecular formula is C10H13FN2. The van der Waals surface area contributed by atoms with Gasteiger partial charge in [-0.3, -0.25) is 4.98 Å². The summed E-state index contributed by atoms with van der Waals surface area (Å²) in [4.78, 5) is 3.85. The fourth-order valence-electron chi connectivity index (χ4n) is 1.92. The molecule has 3 heteroatoms. The van der Waals surface area contributed by atoms with E-state index in [2.05, 4.69) is 4.98 Å². The first-order valence-corrected chi connectivity index (χ1v) is 4.58. The molecule has 1 fully saturated rings. The van der Waals surface area contributed by atoms with Crippen LogP contribution in [0.1, 0.15) is 24.8 Å². The normalized spacial score (nSPS) is 19.5. The lowest BCUT2D eigenvalue weighted by Crippen LogP contribution is -2.41. The van der Waals surface area contributed by atoms with Crippen LogP contribution >= 0.6 is 0 Å². The molecule has 0 bridgehead atoms. The van der Waals surface area contributed by atoms with Crippen LogP contribution in [0, 0.1) is 5.82 Å². The highest BCUT2D eigenvalue weighted by Crippen LogP contribution is 2.42.